The topological polar surface area (TPSA) is 55.1 Å². The summed E-state index contributed by atoms with van der Waals surface area (Å²) in [5.74, 6) is -0.262. The quantitative estimate of drug-likeness (QED) is 0.821. The molecule has 1 atom stereocenters. The first-order chi connectivity index (χ1) is 8.15. The number of carboxylic acids is 1. The van der Waals surface area contributed by atoms with Gasteiger partial charge in [0.2, 0.25) is 0 Å². The number of hydrogen-bond acceptors (Lipinski definition) is 2. The minimum absolute atomic E-state index is 0.213. The number of halogens is 1. The van der Waals surface area contributed by atoms with Gasteiger partial charge in [0.1, 0.15) is 12.0 Å². The average Bonchev–Trinajstić information content (AvgIpc) is 2.64. The number of aryl methyl sites for hydroxylation is 1. The van der Waals surface area contributed by atoms with Crippen molar-refractivity contribution in [2.24, 2.45) is 0 Å². The molecular formula is C12H11FN2O2. The molecule has 1 aliphatic heterocycles. The maximum absolute atomic E-state index is 13.3. The van der Waals surface area contributed by atoms with Gasteiger partial charge in [0.05, 0.1) is 16.6 Å². The van der Waals surface area contributed by atoms with Crippen molar-refractivity contribution in [2.75, 3.05) is 0 Å². The normalized spacial score (nSPS) is 19.2. The van der Waals surface area contributed by atoms with Crippen LogP contribution in [-0.2, 0) is 13.0 Å². The Kier molecular flexibility index (Phi) is 2.14. The molecule has 17 heavy (non-hydrogen) atoms. The number of benzene rings is 1. The summed E-state index contributed by atoms with van der Waals surface area (Å²) in [5, 5.41) is 8.89. The number of fused-ring (bicyclic) bond motifs is 3. The summed E-state index contributed by atoms with van der Waals surface area (Å²) in [6.07, 6.45) is -0.0192. The third-order valence-corrected chi connectivity index (χ3v) is 3.14. The molecule has 2 aromatic rings. The van der Waals surface area contributed by atoms with Crippen molar-refractivity contribution in [3.8, 4) is 0 Å². The number of aromatic nitrogens is 2. The second kappa shape index (κ2) is 3.55. The first kappa shape index (κ1) is 10.3. The Bertz CT molecular complexity index is 606. The maximum Gasteiger partial charge on any atom is 0.335 e. The number of rotatable bonds is 1. The van der Waals surface area contributed by atoms with E-state index in [1.165, 1.54) is 6.07 Å². The molecule has 4 nitrogen and oxygen atoms in total. The predicted molar refractivity (Wildman–Crippen MR) is 59.9 cm³/mol. The second-order valence-corrected chi connectivity index (χ2v) is 4.28. The standard InChI is InChI=1S/C12H11FN2O2/c13-8-3-4-15-10-2-1-7(12(16)17)5-9(10)14-11(15)6-8/h1-2,5,8H,3-4,6H2,(H,16,17). The summed E-state index contributed by atoms with van der Waals surface area (Å²) >= 11 is 0. The summed E-state index contributed by atoms with van der Waals surface area (Å²) in [7, 11) is 0. The Labute approximate surface area is 96.7 Å². The molecule has 1 unspecified atom stereocenters. The monoisotopic (exact) mass is 234 g/mol. The van der Waals surface area contributed by atoms with E-state index in [0.29, 0.717) is 30.7 Å². The zero-order valence-corrected chi connectivity index (χ0v) is 9.06. The van der Waals surface area contributed by atoms with Gasteiger partial charge >= 0.3 is 5.97 Å². The number of carbonyl (C=O) groups is 1. The van der Waals surface area contributed by atoms with E-state index in [4.69, 9.17) is 5.11 Å². The van der Waals surface area contributed by atoms with Gasteiger partial charge < -0.3 is 9.67 Å². The van der Waals surface area contributed by atoms with Crippen LogP contribution in [0.5, 0.6) is 0 Å². The molecule has 1 aromatic heterocycles. The molecule has 0 saturated carbocycles. The highest BCUT2D eigenvalue weighted by atomic mass is 19.1. The van der Waals surface area contributed by atoms with E-state index in [1.54, 1.807) is 12.1 Å². The number of hydrogen-bond donors (Lipinski definition) is 1. The van der Waals surface area contributed by atoms with Crippen LogP contribution in [0.25, 0.3) is 11.0 Å². The SMILES string of the molecule is O=C(O)c1ccc2c(c1)nc1n2CCC(F)C1. The summed E-state index contributed by atoms with van der Waals surface area (Å²) in [5.41, 5.74) is 1.73. The zero-order valence-electron chi connectivity index (χ0n) is 9.06. The molecule has 0 aliphatic carbocycles. The molecular weight excluding hydrogens is 223 g/mol. The molecule has 1 aromatic carbocycles. The van der Waals surface area contributed by atoms with Crippen LogP contribution in [0.3, 0.4) is 0 Å². The summed E-state index contributed by atoms with van der Waals surface area (Å²) in [6, 6.07) is 4.84. The average molecular weight is 234 g/mol. The van der Waals surface area contributed by atoms with Crippen molar-refractivity contribution in [1.29, 1.82) is 0 Å². The fourth-order valence-corrected chi connectivity index (χ4v) is 2.29. The van der Waals surface area contributed by atoms with Crippen LogP contribution in [0.2, 0.25) is 0 Å². The second-order valence-electron chi connectivity index (χ2n) is 4.28. The number of imidazole rings is 1. The Morgan fingerprint density at radius 1 is 1.53 bits per heavy atom. The molecule has 0 bridgehead atoms. The van der Waals surface area contributed by atoms with Crippen LogP contribution in [0.4, 0.5) is 4.39 Å². The first-order valence-corrected chi connectivity index (χ1v) is 5.51. The molecule has 0 radical (unpaired) electrons. The van der Waals surface area contributed by atoms with Crippen molar-refractivity contribution in [3.05, 3.63) is 29.6 Å². The number of alkyl halides is 1. The third-order valence-electron chi connectivity index (χ3n) is 3.14. The largest absolute Gasteiger partial charge is 0.478 e. The number of aromatic carboxylic acids is 1. The first-order valence-electron chi connectivity index (χ1n) is 5.51. The van der Waals surface area contributed by atoms with Crippen molar-refractivity contribution in [3.63, 3.8) is 0 Å². The van der Waals surface area contributed by atoms with Crippen LogP contribution < -0.4 is 0 Å². The van der Waals surface area contributed by atoms with Crippen LogP contribution in [0.15, 0.2) is 18.2 Å². The van der Waals surface area contributed by atoms with Gasteiger partial charge in [-0.2, -0.15) is 0 Å². The lowest BCUT2D eigenvalue weighted by atomic mass is 10.1. The molecule has 0 fully saturated rings. The summed E-state index contributed by atoms with van der Waals surface area (Å²) in [4.78, 5) is 15.2. The van der Waals surface area contributed by atoms with Crippen LogP contribution in [0.1, 0.15) is 22.6 Å². The minimum atomic E-state index is -0.971. The molecule has 0 saturated heterocycles. The molecule has 1 N–H and O–H groups in total. The van der Waals surface area contributed by atoms with Crippen molar-refractivity contribution < 1.29 is 14.3 Å². The fourth-order valence-electron chi connectivity index (χ4n) is 2.29. The molecule has 0 amide bonds. The van der Waals surface area contributed by atoms with Crippen LogP contribution >= 0.6 is 0 Å². The van der Waals surface area contributed by atoms with E-state index >= 15 is 0 Å². The number of nitrogens with zero attached hydrogens (tertiary/aromatic N) is 2. The van der Waals surface area contributed by atoms with Crippen molar-refractivity contribution >= 4 is 17.0 Å². The Hall–Kier alpha value is -1.91. The lowest BCUT2D eigenvalue weighted by Crippen LogP contribution is -2.20. The molecule has 2 heterocycles. The van der Waals surface area contributed by atoms with E-state index < -0.39 is 12.1 Å². The van der Waals surface area contributed by atoms with Gasteiger partial charge in [-0.15, -0.1) is 0 Å². The highest BCUT2D eigenvalue weighted by Crippen LogP contribution is 2.24. The zero-order chi connectivity index (χ0) is 12.0. The highest BCUT2D eigenvalue weighted by Gasteiger charge is 2.21. The van der Waals surface area contributed by atoms with Gasteiger partial charge in [-0.1, -0.05) is 0 Å². The van der Waals surface area contributed by atoms with E-state index in [-0.39, 0.29) is 5.56 Å². The van der Waals surface area contributed by atoms with Gasteiger partial charge in [0, 0.05) is 13.0 Å². The van der Waals surface area contributed by atoms with Gasteiger partial charge in [0.15, 0.2) is 0 Å². The van der Waals surface area contributed by atoms with Gasteiger partial charge in [-0.05, 0) is 24.6 Å². The van der Waals surface area contributed by atoms with E-state index in [0.717, 1.165) is 5.52 Å². The molecule has 88 valence electrons. The summed E-state index contributed by atoms with van der Waals surface area (Å²) in [6.45, 7) is 0.611. The number of carboxylic acid groups (broad SMARTS) is 1. The van der Waals surface area contributed by atoms with E-state index in [9.17, 15) is 9.18 Å². The van der Waals surface area contributed by atoms with E-state index in [2.05, 4.69) is 4.98 Å². The molecule has 3 rings (SSSR count). The Balaban J connectivity index is 2.17. The predicted octanol–water partition coefficient (Wildman–Crippen LogP) is 2.02. The van der Waals surface area contributed by atoms with Gasteiger partial charge in [0.25, 0.3) is 0 Å². The lowest BCUT2D eigenvalue weighted by molar-refractivity contribution is 0.0697. The van der Waals surface area contributed by atoms with Gasteiger partial charge in [-0.25, -0.2) is 14.2 Å². The smallest absolute Gasteiger partial charge is 0.335 e. The van der Waals surface area contributed by atoms with Crippen LogP contribution in [0, 0.1) is 0 Å². The van der Waals surface area contributed by atoms with Crippen molar-refractivity contribution in [1.82, 2.24) is 9.55 Å². The maximum atomic E-state index is 13.3. The fraction of sp³-hybridized carbons (Fsp3) is 0.333. The van der Waals surface area contributed by atoms with Gasteiger partial charge in [-0.3, -0.25) is 0 Å². The lowest BCUT2D eigenvalue weighted by Gasteiger charge is -2.17. The van der Waals surface area contributed by atoms with Crippen LogP contribution in [-0.4, -0.2) is 26.8 Å². The Morgan fingerprint density at radius 2 is 2.35 bits per heavy atom. The Morgan fingerprint density at radius 3 is 3.12 bits per heavy atom. The van der Waals surface area contributed by atoms with Crippen molar-refractivity contribution in [2.45, 2.75) is 25.6 Å². The third kappa shape index (κ3) is 1.58. The molecule has 5 heteroatoms. The molecule has 1 aliphatic rings. The summed E-state index contributed by atoms with van der Waals surface area (Å²) < 4.78 is 15.2. The highest BCUT2D eigenvalue weighted by molar-refractivity contribution is 5.92. The van der Waals surface area contributed by atoms with E-state index in [1.807, 2.05) is 4.57 Å². The molecule has 0 spiro atoms. The minimum Gasteiger partial charge on any atom is -0.478 e.